The molecule has 0 aromatic heterocycles. The van der Waals surface area contributed by atoms with Crippen LogP contribution in [0.4, 0.5) is 35.1 Å². The second-order valence-electron chi connectivity index (χ2n) is 2.14. The van der Waals surface area contributed by atoms with Crippen molar-refractivity contribution in [2.75, 3.05) is 0 Å². The fourth-order valence-corrected chi connectivity index (χ4v) is 0.432. The van der Waals surface area contributed by atoms with E-state index in [-0.39, 0.29) is 0 Å². The number of halogens is 8. The fraction of sp³-hybridized carbons (Fsp3) is 0.800. The third kappa shape index (κ3) is 2.22. The van der Waals surface area contributed by atoms with Crippen molar-refractivity contribution < 1.29 is 35.1 Å². The van der Waals surface area contributed by atoms with E-state index in [1.165, 1.54) is 0 Å². The summed E-state index contributed by atoms with van der Waals surface area (Å²) in [7, 11) is 0. The first-order valence-corrected chi connectivity index (χ1v) is 2.80. The molecule has 0 aliphatic heterocycles. The normalized spacial score (nSPS) is 14.8. The number of hydrogen-bond donors (Lipinski definition) is 0. The van der Waals surface area contributed by atoms with Gasteiger partial charge in [-0.25, -0.2) is 4.39 Å². The van der Waals surface area contributed by atoms with E-state index < -0.39 is 31.1 Å². The highest BCUT2D eigenvalue weighted by atomic mass is 19.4. The highest BCUT2D eigenvalue weighted by molar-refractivity contribution is 4.92. The first-order valence-electron chi connectivity index (χ1n) is 2.80. The van der Waals surface area contributed by atoms with E-state index in [4.69, 9.17) is 0 Å². The maximum Gasteiger partial charge on any atom is 0.459 e. The molecule has 0 unspecified atom stereocenters. The summed E-state index contributed by atoms with van der Waals surface area (Å²) in [6.45, 7) is -0.945. The summed E-state index contributed by atoms with van der Waals surface area (Å²) < 4.78 is 92.5. The summed E-state index contributed by atoms with van der Waals surface area (Å²) in [5, 5.41) is 0. The largest absolute Gasteiger partial charge is 0.459 e. The van der Waals surface area contributed by atoms with Gasteiger partial charge in [-0.1, -0.05) is 0 Å². The third-order valence-corrected chi connectivity index (χ3v) is 1.15. The summed E-state index contributed by atoms with van der Waals surface area (Å²) in [4.78, 5) is 0. The van der Waals surface area contributed by atoms with Crippen LogP contribution in [0.25, 0.3) is 0 Å². The molecule has 8 heteroatoms. The van der Waals surface area contributed by atoms with Crippen molar-refractivity contribution in [3.63, 3.8) is 0 Å². The monoisotopic (exact) mass is 215 g/mol. The zero-order valence-electron chi connectivity index (χ0n) is 5.81. The van der Waals surface area contributed by atoms with Crippen molar-refractivity contribution in [2.45, 2.75) is 24.4 Å². The zero-order chi connectivity index (χ0) is 10.9. The lowest BCUT2D eigenvalue weighted by Crippen LogP contribution is -2.51. The Morgan fingerprint density at radius 1 is 0.846 bits per heavy atom. The van der Waals surface area contributed by atoms with Gasteiger partial charge < -0.3 is 0 Å². The van der Waals surface area contributed by atoms with Gasteiger partial charge in [0.25, 0.3) is 0 Å². The van der Waals surface area contributed by atoms with Crippen LogP contribution in [-0.2, 0) is 0 Å². The van der Waals surface area contributed by atoms with Crippen LogP contribution in [0, 0.1) is 6.67 Å². The van der Waals surface area contributed by atoms with Crippen LogP contribution in [0.5, 0.6) is 0 Å². The maximum atomic E-state index is 12.0. The molecule has 13 heavy (non-hydrogen) atoms. The van der Waals surface area contributed by atoms with E-state index in [2.05, 4.69) is 0 Å². The van der Waals surface area contributed by atoms with Crippen LogP contribution in [0.15, 0.2) is 0 Å². The predicted molar refractivity (Wildman–Crippen MR) is 26.0 cm³/mol. The minimum absolute atomic E-state index is 0.945. The van der Waals surface area contributed by atoms with Gasteiger partial charge in [0.15, 0.2) is 0 Å². The number of alkyl halides is 7. The summed E-state index contributed by atoms with van der Waals surface area (Å²) in [6, 6.07) is 0. The molecule has 0 heterocycles. The molecule has 0 aromatic rings. The smallest absolute Gasteiger partial charge is 0.244 e. The van der Waals surface area contributed by atoms with Crippen LogP contribution >= 0.6 is 0 Å². The Bertz CT molecular complexity index is 168. The lowest BCUT2D eigenvalue weighted by Gasteiger charge is -2.27. The van der Waals surface area contributed by atoms with Crippen LogP contribution in [0.1, 0.15) is 6.42 Å². The summed E-state index contributed by atoms with van der Waals surface area (Å²) in [5.74, 6) is -11.7. The van der Waals surface area contributed by atoms with Crippen molar-refractivity contribution in [1.82, 2.24) is 0 Å². The molecule has 0 saturated heterocycles. The maximum absolute atomic E-state index is 12.0. The van der Waals surface area contributed by atoms with Gasteiger partial charge in [-0.2, -0.15) is 30.7 Å². The van der Waals surface area contributed by atoms with E-state index in [0.717, 1.165) is 0 Å². The molecule has 0 spiro atoms. The molecule has 0 rings (SSSR count). The van der Waals surface area contributed by atoms with Gasteiger partial charge in [0.05, 0.1) is 6.42 Å². The van der Waals surface area contributed by atoms with E-state index in [9.17, 15) is 35.1 Å². The average molecular weight is 215 g/mol. The Morgan fingerprint density at radius 2 is 1.23 bits per heavy atom. The van der Waals surface area contributed by atoms with Crippen LogP contribution in [0.2, 0.25) is 0 Å². The first kappa shape index (κ1) is 12.4. The molecule has 1 radical (unpaired) electrons. The second kappa shape index (κ2) is 3.30. The van der Waals surface area contributed by atoms with Crippen molar-refractivity contribution in [2.24, 2.45) is 0 Å². The highest BCUT2D eigenvalue weighted by Crippen LogP contribution is 2.48. The Morgan fingerprint density at radius 3 is 1.46 bits per heavy atom. The van der Waals surface area contributed by atoms with Crippen LogP contribution < -0.4 is 0 Å². The molecule has 0 aromatic carbocycles. The van der Waals surface area contributed by atoms with Gasteiger partial charge in [0.1, 0.15) is 6.67 Å². The minimum Gasteiger partial charge on any atom is -0.244 e. The Kier molecular flexibility index (Phi) is 3.16. The Balaban J connectivity index is 4.81. The quantitative estimate of drug-likeness (QED) is 0.633. The van der Waals surface area contributed by atoms with E-state index in [0.29, 0.717) is 0 Å². The first-order chi connectivity index (χ1) is 5.56. The highest BCUT2D eigenvalue weighted by Gasteiger charge is 2.72. The van der Waals surface area contributed by atoms with Gasteiger partial charge in [-0.05, 0) is 0 Å². The average Bonchev–Trinajstić information content (AvgIpc) is 1.84. The SMILES string of the molecule is F[CH]CC(F)(F)C(F)(F)C(F)(F)F. The molecule has 0 nitrogen and oxygen atoms in total. The molecule has 0 aliphatic carbocycles. The van der Waals surface area contributed by atoms with E-state index >= 15 is 0 Å². The number of hydrogen-bond acceptors (Lipinski definition) is 0. The third-order valence-electron chi connectivity index (χ3n) is 1.15. The van der Waals surface area contributed by atoms with Crippen LogP contribution in [-0.4, -0.2) is 18.0 Å². The summed E-state index contributed by atoms with van der Waals surface area (Å²) in [6.07, 6.45) is -8.67. The minimum atomic E-state index is -6.39. The summed E-state index contributed by atoms with van der Waals surface area (Å²) in [5.41, 5.74) is 0. The number of rotatable bonds is 3. The van der Waals surface area contributed by atoms with Gasteiger partial charge >= 0.3 is 18.0 Å². The van der Waals surface area contributed by atoms with Crippen molar-refractivity contribution in [3.05, 3.63) is 6.67 Å². The van der Waals surface area contributed by atoms with Crippen molar-refractivity contribution in [3.8, 4) is 0 Å². The lowest BCUT2D eigenvalue weighted by atomic mass is 10.1. The topological polar surface area (TPSA) is 0 Å². The second-order valence-corrected chi connectivity index (χ2v) is 2.14. The van der Waals surface area contributed by atoms with Gasteiger partial charge in [0.2, 0.25) is 0 Å². The molecule has 0 bridgehead atoms. The molecule has 0 aliphatic rings. The van der Waals surface area contributed by atoms with Gasteiger partial charge in [0, 0.05) is 0 Å². The predicted octanol–water partition coefficient (Wildman–Crippen LogP) is 3.34. The molecule has 79 valence electrons. The van der Waals surface area contributed by atoms with E-state index in [1.54, 1.807) is 0 Å². The standard InChI is InChI=1S/C5H3F8/c6-2-1-3(7,8)4(9,10)5(11,12)13/h2H,1H2. The summed E-state index contributed by atoms with van der Waals surface area (Å²) >= 11 is 0. The molecule has 0 saturated carbocycles. The van der Waals surface area contributed by atoms with Crippen molar-refractivity contribution >= 4 is 0 Å². The molecular weight excluding hydrogens is 212 g/mol. The molecule has 0 amide bonds. The van der Waals surface area contributed by atoms with Crippen LogP contribution in [0.3, 0.4) is 0 Å². The van der Waals surface area contributed by atoms with Crippen molar-refractivity contribution in [1.29, 1.82) is 0 Å². The zero-order valence-corrected chi connectivity index (χ0v) is 5.81. The van der Waals surface area contributed by atoms with Gasteiger partial charge in [-0.15, -0.1) is 0 Å². The Hall–Kier alpha value is -0.560. The van der Waals surface area contributed by atoms with Gasteiger partial charge in [-0.3, -0.25) is 0 Å². The molecule has 0 atom stereocenters. The van der Waals surface area contributed by atoms with E-state index in [1.807, 2.05) is 0 Å². The molecule has 0 fully saturated rings. The lowest BCUT2D eigenvalue weighted by molar-refractivity contribution is -0.354. The molecule has 0 N–H and O–H groups in total. The molecular formula is C5H3F8. The fourth-order valence-electron chi connectivity index (χ4n) is 0.432. The Labute approximate surface area is 67.5 Å².